The van der Waals surface area contributed by atoms with Gasteiger partial charge in [-0.1, -0.05) is 18.2 Å². The molecular formula is C11H12N2O2. The van der Waals surface area contributed by atoms with Gasteiger partial charge in [0.2, 0.25) is 0 Å². The number of rotatable bonds is 4. The van der Waals surface area contributed by atoms with Crippen molar-refractivity contribution >= 4 is 16.9 Å². The first-order valence-electron chi connectivity index (χ1n) is 7.54. The van der Waals surface area contributed by atoms with Crippen LogP contribution in [0.2, 0.25) is 2.82 Å². The standard InChI is InChI=1S/C11H12N2O2/c12-9(11(14)15)5-7-6-13-10-4-2-1-3-8(7)10/h1-4,6,9,13H,5,12H2,(H,14,15)/t9-/m0/s1/i4D,5D2,6D,9D/hD2. The van der Waals surface area contributed by atoms with Crippen molar-refractivity contribution < 1.29 is 19.6 Å². The highest BCUT2D eigenvalue weighted by Crippen LogP contribution is 2.18. The van der Waals surface area contributed by atoms with Gasteiger partial charge in [-0.3, -0.25) is 4.79 Å². The minimum Gasteiger partial charge on any atom is -0.480 e. The number of hydrogen-bond donors (Lipinski definition) is 3. The fourth-order valence-corrected chi connectivity index (χ4v) is 1.21. The van der Waals surface area contributed by atoms with E-state index in [4.69, 9.17) is 14.8 Å². The number of hydrogen-bond acceptors (Lipinski definition) is 2. The molecule has 4 heteroatoms. The first-order valence-corrected chi connectivity index (χ1v) is 4.15. The van der Waals surface area contributed by atoms with Crippen molar-refractivity contribution in [1.29, 1.82) is 0 Å². The number of aromatic amines is 1. The SMILES string of the molecule is [2H]c1[nH]c2c([2H])cccc2c1C([2H])([2H])[C@@]([2H])(C(=O)O)N([2H])[2H]. The quantitative estimate of drug-likeness (QED) is 0.709. The van der Waals surface area contributed by atoms with Crippen LogP contribution < -0.4 is 5.72 Å². The molecule has 0 aliphatic carbocycles. The molecule has 0 saturated carbocycles. The normalized spacial score (nSPS) is 22.9. The van der Waals surface area contributed by atoms with Gasteiger partial charge in [0.25, 0.3) is 0 Å². The van der Waals surface area contributed by atoms with Gasteiger partial charge in [-0.25, -0.2) is 0 Å². The van der Waals surface area contributed by atoms with E-state index >= 15 is 0 Å². The largest absolute Gasteiger partial charge is 0.480 e. The van der Waals surface area contributed by atoms with Gasteiger partial charge in [0.05, 0.1) is 4.11 Å². The number of nitrogens with two attached hydrogens (primary N) is 1. The summed E-state index contributed by atoms with van der Waals surface area (Å²) < 4.78 is 53.6. The third-order valence-electron chi connectivity index (χ3n) is 1.88. The van der Waals surface area contributed by atoms with Crippen LogP contribution in [0.25, 0.3) is 10.9 Å². The zero-order chi connectivity index (χ0) is 16.9. The molecule has 0 fully saturated rings. The van der Waals surface area contributed by atoms with Crippen molar-refractivity contribution in [3.8, 4) is 0 Å². The molecule has 4 nitrogen and oxygen atoms in total. The summed E-state index contributed by atoms with van der Waals surface area (Å²) in [4.78, 5) is 13.8. The fraction of sp³-hybridized carbons (Fsp3) is 0.182. The second kappa shape index (κ2) is 3.74. The number of fused-ring (bicyclic) bond motifs is 1. The topological polar surface area (TPSA) is 79.1 Å². The summed E-state index contributed by atoms with van der Waals surface area (Å²) in [6.45, 7) is 0. The van der Waals surface area contributed by atoms with Crippen LogP contribution in [0, 0.1) is 0 Å². The van der Waals surface area contributed by atoms with E-state index < -0.39 is 35.8 Å². The van der Waals surface area contributed by atoms with Crippen molar-refractivity contribution in [2.75, 3.05) is 0 Å². The number of carboxylic acids is 1. The van der Waals surface area contributed by atoms with Crippen LogP contribution >= 0.6 is 0 Å². The van der Waals surface area contributed by atoms with Gasteiger partial charge < -0.3 is 15.8 Å². The zero-order valence-electron chi connectivity index (χ0n) is 14.5. The number of H-pyrrole nitrogens is 1. The highest BCUT2D eigenvalue weighted by Gasteiger charge is 2.14. The first-order chi connectivity index (χ1) is 10.0. The molecule has 0 aliphatic heterocycles. The molecule has 0 saturated heterocycles. The van der Waals surface area contributed by atoms with Crippen LogP contribution in [0.3, 0.4) is 0 Å². The van der Waals surface area contributed by atoms with Gasteiger partial charge in [-0.15, -0.1) is 0 Å². The molecule has 1 heterocycles. The average Bonchev–Trinajstić information content (AvgIpc) is 2.75. The Morgan fingerprint density at radius 1 is 1.87 bits per heavy atom. The molecule has 0 spiro atoms. The Labute approximate surface area is 96.7 Å². The maximum atomic E-state index is 11.3. The van der Waals surface area contributed by atoms with Crippen LogP contribution in [0.5, 0.6) is 0 Å². The Morgan fingerprint density at radius 2 is 2.73 bits per heavy atom. The van der Waals surface area contributed by atoms with E-state index in [1.165, 1.54) is 18.2 Å². The van der Waals surface area contributed by atoms with E-state index in [1.54, 1.807) is 0 Å². The van der Waals surface area contributed by atoms with E-state index in [0.29, 0.717) is 0 Å². The van der Waals surface area contributed by atoms with Crippen LogP contribution in [-0.2, 0) is 11.2 Å². The molecule has 1 aromatic carbocycles. The first kappa shape index (κ1) is 4.37. The maximum absolute atomic E-state index is 11.3. The summed E-state index contributed by atoms with van der Waals surface area (Å²) in [5, 5.41) is 9.21. The lowest BCUT2D eigenvalue weighted by atomic mass is 10.1. The van der Waals surface area contributed by atoms with Crippen molar-refractivity contribution in [3.05, 3.63) is 36.0 Å². The van der Waals surface area contributed by atoms with Crippen molar-refractivity contribution in [1.82, 2.24) is 4.98 Å². The van der Waals surface area contributed by atoms with Crippen LogP contribution in [0.15, 0.2) is 30.4 Å². The molecule has 0 amide bonds. The lowest BCUT2D eigenvalue weighted by molar-refractivity contribution is -0.138. The Hall–Kier alpha value is -1.81. The van der Waals surface area contributed by atoms with E-state index in [0.717, 1.165) is 0 Å². The number of benzene rings is 1. The molecule has 2 aromatic rings. The fourth-order valence-electron chi connectivity index (χ4n) is 1.21. The number of carbonyl (C=O) groups is 1. The molecule has 0 radical (unpaired) electrons. The van der Waals surface area contributed by atoms with Crippen molar-refractivity contribution in [2.24, 2.45) is 5.72 Å². The maximum Gasteiger partial charge on any atom is 0.320 e. The van der Waals surface area contributed by atoms with Crippen molar-refractivity contribution in [3.63, 3.8) is 0 Å². The smallest absolute Gasteiger partial charge is 0.320 e. The average molecular weight is 211 g/mol. The summed E-state index contributed by atoms with van der Waals surface area (Å²) in [5.41, 5.74) is -0.892. The van der Waals surface area contributed by atoms with E-state index in [1.807, 2.05) is 0 Å². The minimum absolute atomic E-state index is 0.0208. The molecule has 1 aromatic heterocycles. The summed E-state index contributed by atoms with van der Waals surface area (Å²) in [7, 11) is 0. The highest BCUT2D eigenvalue weighted by molar-refractivity contribution is 5.84. The van der Waals surface area contributed by atoms with Crippen LogP contribution in [-0.4, -0.2) is 22.1 Å². The molecule has 15 heavy (non-hydrogen) atoms. The van der Waals surface area contributed by atoms with Gasteiger partial charge >= 0.3 is 5.97 Å². The number of nitrogens with one attached hydrogen (secondary N) is 1. The predicted molar refractivity (Wildman–Crippen MR) is 57.6 cm³/mol. The van der Waals surface area contributed by atoms with Gasteiger partial charge in [0, 0.05) is 26.2 Å². The monoisotopic (exact) mass is 211 g/mol. The van der Waals surface area contributed by atoms with Gasteiger partial charge in [0.15, 0.2) is 0 Å². The van der Waals surface area contributed by atoms with E-state index in [9.17, 15) is 4.79 Å². The third-order valence-corrected chi connectivity index (χ3v) is 1.88. The molecule has 4 N–H and O–H groups in total. The lowest BCUT2D eigenvalue weighted by Gasteiger charge is -2.04. The molecular weight excluding hydrogens is 192 g/mol. The molecule has 0 unspecified atom stereocenters. The summed E-state index contributed by atoms with van der Waals surface area (Å²) >= 11 is 0. The van der Waals surface area contributed by atoms with Crippen LogP contribution in [0.1, 0.15) is 12.4 Å². The lowest BCUT2D eigenvalue weighted by Crippen LogP contribution is -2.32. The Bertz CT molecular complexity index is 745. The molecule has 0 bridgehead atoms. The Balaban J connectivity index is 2.81. The van der Waals surface area contributed by atoms with Crippen LogP contribution in [0.4, 0.5) is 0 Å². The number of aromatic nitrogens is 1. The number of para-hydroxylation sites is 1. The van der Waals surface area contributed by atoms with Gasteiger partial charge in [-0.05, 0) is 11.6 Å². The minimum atomic E-state index is -3.28. The summed E-state index contributed by atoms with van der Waals surface area (Å²) in [5.74, 6) is -2.03. The summed E-state index contributed by atoms with van der Waals surface area (Å²) in [6.07, 6.45) is -3.55. The summed E-state index contributed by atoms with van der Waals surface area (Å²) in [6, 6.07) is 0.922. The molecule has 78 valence electrons. The second-order valence-electron chi connectivity index (χ2n) is 2.86. The third kappa shape index (κ3) is 1.85. The van der Waals surface area contributed by atoms with Gasteiger partial charge in [0.1, 0.15) is 8.84 Å². The van der Waals surface area contributed by atoms with E-state index in [-0.39, 0.29) is 16.9 Å². The second-order valence-corrected chi connectivity index (χ2v) is 2.86. The predicted octanol–water partition coefficient (Wildman–Crippen LogP) is 1.12. The number of carboxylic acid groups (broad SMARTS) is 1. The molecule has 2 rings (SSSR count). The molecule has 0 aliphatic rings. The Kier molecular flexibility index (Phi) is 1.09. The Morgan fingerprint density at radius 3 is 3.47 bits per heavy atom. The van der Waals surface area contributed by atoms with E-state index in [2.05, 4.69) is 4.98 Å². The number of aliphatic carboxylic acids is 1. The highest BCUT2D eigenvalue weighted by atomic mass is 16.4. The van der Waals surface area contributed by atoms with Gasteiger partial charge in [-0.2, -0.15) is 0 Å². The zero-order valence-corrected chi connectivity index (χ0v) is 7.53. The van der Waals surface area contributed by atoms with Crippen molar-refractivity contribution in [2.45, 2.75) is 12.4 Å². The molecule has 1 atom stereocenters.